The maximum Gasteiger partial charge on any atom is 0.138 e. The minimum atomic E-state index is -0.597. The number of benzene rings is 1. The number of methoxy groups -OCH3 is 1. The van der Waals surface area contributed by atoms with Crippen LogP contribution in [0.1, 0.15) is 24.3 Å². The highest BCUT2D eigenvalue weighted by Gasteiger charge is 2.17. The van der Waals surface area contributed by atoms with Gasteiger partial charge in [-0.15, -0.1) is 0 Å². The Balaban J connectivity index is 2.22. The highest BCUT2D eigenvalue weighted by molar-refractivity contribution is 5.68. The first-order valence-corrected chi connectivity index (χ1v) is 6.91. The first-order chi connectivity index (χ1) is 10.1. The number of nitrogens with zero attached hydrogens (tertiary/aromatic N) is 2. The second-order valence-corrected chi connectivity index (χ2v) is 5.18. The van der Waals surface area contributed by atoms with E-state index in [4.69, 9.17) is 4.74 Å². The molecule has 2 heterocycles. The van der Waals surface area contributed by atoms with Crippen LogP contribution in [0.4, 0.5) is 0 Å². The second-order valence-electron chi connectivity index (χ2n) is 5.18. The number of aliphatic hydroxyl groups excluding tert-OH is 1. The molecule has 1 atom stereocenters. The second kappa shape index (κ2) is 5.22. The van der Waals surface area contributed by atoms with Gasteiger partial charge in [0.2, 0.25) is 0 Å². The van der Waals surface area contributed by atoms with Crippen molar-refractivity contribution in [2.24, 2.45) is 0 Å². The fourth-order valence-electron chi connectivity index (χ4n) is 2.53. The van der Waals surface area contributed by atoms with Crippen molar-refractivity contribution in [1.29, 1.82) is 0 Å². The van der Waals surface area contributed by atoms with Crippen molar-refractivity contribution < 1.29 is 9.84 Å². The van der Waals surface area contributed by atoms with Gasteiger partial charge < -0.3 is 14.2 Å². The molecule has 0 aliphatic heterocycles. The number of hydrogen-bond acceptors (Lipinski definition) is 3. The van der Waals surface area contributed by atoms with Gasteiger partial charge in [-0.25, -0.2) is 4.98 Å². The average molecular weight is 282 g/mol. The van der Waals surface area contributed by atoms with Crippen molar-refractivity contribution in [3.8, 4) is 17.0 Å². The van der Waals surface area contributed by atoms with Gasteiger partial charge in [-0.1, -0.05) is 0 Å². The van der Waals surface area contributed by atoms with Crippen LogP contribution in [0.15, 0.2) is 42.6 Å². The molecule has 0 aliphatic rings. The molecule has 0 spiro atoms. The molecule has 1 unspecified atom stereocenters. The molecule has 1 aromatic carbocycles. The molecule has 4 nitrogen and oxygen atoms in total. The van der Waals surface area contributed by atoms with Gasteiger partial charge in [0.05, 0.1) is 24.6 Å². The highest BCUT2D eigenvalue weighted by atomic mass is 16.5. The van der Waals surface area contributed by atoms with Gasteiger partial charge in [0, 0.05) is 11.8 Å². The largest absolute Gasteiger partial charge is 0.497 e. The average Bonchev–Trinajstić information content (AvgIpc) is 2.85. The van der Waals surface area contributed by atoms with Crippen LogP contribution in [-0.4, -0.2) is 21.6 Å². The first kappa shape index (κ1) is 13.6. The molecule has 21 heavy (non-hydrogen) atoms. The molecular formula is C17H18N2O2. The van der Waals surface area contributed by atoms with E-state index in [0.717, 1.165) is 33.9 Å². The Labute approximate surface area is 123 Å². The van der Waals surface area contributed by atoms with E-state index in [-0.39, 0.29) is 0 Å². The lowest BCUT2D eigenvalue weighted by Gasteiger charge is -2.08. The molecule has 0 amide bonds. The number of imidazole rings is 1. The van der Waals surface area contributed by atoms with Crippen molar-refractivity contribution >= 4 is 5.65 Å². The van der Waals surface area contributed by atoms with Gasteiger partial charge in [-0.3, -0.25) is 0 Å². The van der Waals surface area contributed by atoms with Gasteiger partial charge in [0.1, 0.15) is 11.4 Å². The smallest absolute Gasteiger partial charge is 0.138 e. The number of rotatable bonds is 3. The molecule has 0 radical (unpaired) electrons. The summed E-state index contributed by atoms with van der Waals surface area (Å²) in [5, 5.41) is 10.1. The van der Waals surface area contributed by atoms with Crippen molar-refractivity contribution in [2.75, 3.05) is 7.11 Å². The summed E-state index contributed by atoms with van der Waals surface area (Å²) in [6.45, 7) is 3.79. The number of ether oxygens (including phenoxy) is 1. The van der Waals surface area contributed by atoms with E-state index in [1.807, 2.05) is 53.9 Å². The van der Waals surface area contributed by atoms with Gasteiger partial charge in [0.25, 0.3) is 0 Å². The standard InChI is InChI=1S/C17H18N2O2/c1-11-8-9-19-15(10-11)18-16(17(19)12(2)20)13-4-6-14(21-3)7-5-13/h4-10,12,20H,1-3H3. The summed E-state index contributed by atoms with van der Waals surface area (Å²) in [6, 6.07) is 11.7. The van der Waals surface area contributed by atoms with Crippen molar-refractivity contribution in [3.05, 3.63) is 53.9 Å². The summed E-state index contributed by atoms with van der Waals surface area (Å²) >= 11 is 0. The Kier molecular flexibility index (Phi) is 3.39. The zero-order valence-electron chi connectivity index (χ0n) is 12.4. The maximum atomic E-state index is 10.1. The molecule has 0 saturated heterocycles. The number of aromatic nitrogens is 2. The zero-order chi connectivity index (χ0) is 15.0. The van der Waals surface area contributed by atoms with Crippen LogP contribution in [0.5, 0.6) is 5.75 Å². The predicted octanol–water partition coefficient (Wildman–Crippen LogP) is 3.37. The van der Waals surface area contributed by atoms with Crippen LogP contribution in [0.3, 0.4) is 0 Å². The minimum Gasteiger partial charge on any atom is -0.497 e. The molecule has 0 fully saturated rings. The quantitative estimate of drug-likeness (QED) is 0.801. The van der Waals surface area contributed by atoms with E-state index < -0.39 is 6.10 Å². The highest BCUT2D eigenvalue weighted by Crippen LogP contribution is 2.30. The number of pyridine rings is 1. The monoisotopic (exact) mass is 282 g/mol. The van der Waals surface area contributed by atoms with Crippen LogP contribution >= 0.6 is 0 Å². The van der Waals surface area contributed by atoms with E-state index in [2.05, 4.69) is 4.98 Å². The molecule has 3 rings (SSSR count). The number of hydrogen-bond donors (Lipinski definition) is 1. The van der Waals surface area contributed by atoms with Gasteiger partial charge in [0.15, 0.2) is 0 Å². The molecule has 4 heteroatoms. The summed E-state index contributed by atoms with van der Waals surface area (Å²) in [5.41, 5.74) is 4.56. The lowest BCUT2D eigenvalue weighted by Crippen LogP contribution is -1.99. The van der Waals surface area contributed by atoms with E-state index >= 15 is 0 Å². The summed E-state index contributed by atoms with van der Waals surface area (Å²) in [5.74, 6) is 0.803. The minimum absolute atomic E-state index is 0.597. The zero-order valence-corrected chi connectivity index (χ0v) is 12.4. The summed E-state index contributed by atoms with van der Waals surface area (Å²) < 4.78 is 7.12. The lowest BCUT2D eigenvalue weighted by molar-refractivity contribution is 0.194. The normalized spacial score (nSPS) is 12.6. The number of aliphatic hydroxyl groups is 1. The van der Waals surface area contributed by atoms with E-state index in [9.17, 15) is 5.11 Å². The van der Waals surface area contributed by atoms with Crippen molar-refractivity contribution in [2.45, 2.75) is 20.0 Å². The van der Waals surface area contributed by atoms with Crippen LogP contribution in [-0.2, 0) is 0 Å². The summed E-state index contributed by atoms with van der Waals surface area (Å²) in [4.78, 5) is 4.68. The molecule has 0 bridgehead atoms. The van der Waals surface area contributed by atoms with Crippen molar-refractivity contribution in [3.63, 3.8) is 0 Å². The molecule has 1 N–H and O–H groups in total. The molecule has 108 valence electrons. The Hall–Kier alpha value is -2.33. The summed E-state index contributed by atoms with van der Waals surface area (Å²) in [6.07, 6.45) is 1.35. The predicted molar refractivity (Wildman–Crippen MR) is 82.6 cm³/mol. The fraction of sp³-hybridized carbons (Fsp3) is 0.235. The van der Waals surface area contributed by atoms with E-state index in [1.165, 1.54) is 0 Å². The van der Waals surface area contributed by atoms with E-state index in [1.54, 1.807) is 14.0 Å². The van der Waals surface area contributed by atoms with Crippen LogP contribution in [0, 0.1) is 6.92 Å². The van der Waals surface area contributed by atoms with E-state index in [0.29, 0.717) is 0 Å². The van der Waals surface area contributed by atoms with Gasteiger partial charge in [-0.05, 0) is 55.8 Å². The third-order valence-electron chi connectivity index (χ3n) is 3.58. The maximum absolute atomic E-state index is 10.1. The molecule has 3 aromatic rings. The molecule has 2 aromatic heterocycles. The topological polar surface area (TPSA) is 46.8 Å². The number of fused-ring (bicyclic) bond motifs is 1. The Bertz CT molecular complexity index is 773. The molecule has 0 aliphatic carbocycles. The Morgan fingerprint density at radius 2 is 1.90 bits per heavy atom. The third kappa shape index (κ3) is 2.38. The Morgan fingerprint density at radius 3 is 2.52 bits per heavy atom. The fourth-order valence-corrected chi connectivity index (χ4v) is 2.53. The van der Waals surface area contributed by atoms with Crippen LogP contribution in [0.2, 0.25) is 0 Å². The van der Waals surface area contributed by atoms with Crippen LogP contribution in [0.25, 0.3) is 16.9 Å². The molecular weight excluding hydrogens is 264 g/mol. The first-order valence-electron chi connectivity index (χ1n) is 6.91. The Morgan fingerprint density at radius 1 is 1.19 bits per heavy atom. The SMILES string of the molecule is COc1ccc(-c2nc3cc(C)ccn3c2C(C)O)cc1. The van der Waals surface area contributed by atoms with Crippen LogP contribution < -0.4 is 4.74 Å². The van der Waals surface area contributed by atoms with Gasteiger partial charge >= 0.3 is 0 Å². The van der Waals surface area contributed by atoms with Crippen molar-refractivity contribution in [1.82, 2.24) is 9.38 Å². The lowest BCUT2D eigenvalue weighted by atomic mass is 10.1. The summed E-state index contributed by atoms with van der Waals surface area (Å²) in [7, 11) is 1.64. The number of aryl methyl sites for hydroxylation is 1. The third-order valence-corrected chi connectivity index (χ3v) is 3.58. The molecule has 0 saturated carbocycles. The van der Waals surface area contributed by atoms with Gasteiger partial charge in [-0.2, -0.15) is 0 Å².